The van der Waals surface area contributed by atoms with Gasteiger partial charge in [-0.2, -0.15) is 0 Å². The molecule has 1 aromatic carbocycles. The van der Waals surface area contributed by atoms with Crippen molar-refractivity contribution in [2.24, 2.45) is 5.92 Å². The molecule has 1 saturated heterocycles. The summed E-state index contributed by atoms with van der Waals surface area (Å²) in [6.07, 6.45) is 4.66. The molecule has 5 nitrogen and oxygen atoms in total. The number of likely N-dealkylation sites (tertiary alicyclic amines) is 1. The van der Waals surface area contributed by atoms with E-state index in [0.717, 1.165) is 48.5 Å². The van der Waals surface area contributed by atoms with Crippen LogP contribution in [0.25, 0.3) is 11.0 Å². The molecule has 0 amide bonds. The number of anilines is 1. The van der Waals surface area contributed by atoms with E-state index in [1.807, 2.05) is 24.4 Å². The third-order valence-electron chi connectivity index (χ3n) is 5.49. The van der Waals surface area contributed by atoms with E-state index in [1.54, 1.807) is 6.33 Å². The molecular formula is C20H24FN5. The molecular weight excluding hydrogens is 329 g/mol. The lowest BCUT2D eigenvalue weighted by Crippen LogP contribution is -2.50. The number of aromatic nitrogens is 3. The van der Waals surface area contributed by atoms with Crippen LogP contribution in [0.4, 0.5) is 10.2 Å². The number of halogens is 1. The first-order valence-electron chi connectivity index (χ1n) is 9.09. The molecule has 0 bridgehead atoms. The number of aromatic amines is 1. The average molecular weight is 353 g/mol. The number of piperidine rings is 1. The molecule has 1 aliphatic rings. The Kier molecular flexibility index (Phi) is 4.59. The number of likely N-dealkylation sites (N-methyl/N-ethyl adjacent to an activating group) is 1. The summed E-state index contributed by atoms with van der Waals surface area (Å²) in [6, 6.07) is 9.23. The lowest BCUT2D eigenvalue weighted by molar-refractivity contribution is 0.159. The van der Waals surface area contributed by atoms with Crippen molar-refractivity contribution in [1.82, 2.24) is 19.9 Å². The smallest absolute Gasteiger partial charge is 0.142 e. The molecule has 136 valence electrons. The molecule has 1 N–H and O–H groups in total. The molecule has 2 unspecified atom stereocenters. The number of nitrogens with one attached hydrogen (secondary N) is 1. The first-order chi connectivity index (χ1) is 12.6. The fourth-order valence-electron chi connectivity index (χ4n) is 3.91. The maximum atomic E-state index is 13.1. The van der Waals surface area contributed by atoms with Crippen molar-refractivity contribution in [3.8, 4) is 0 Å². The number of hydrogen-bond donors (Lipinski definition) is 1. The van der Waals surface area contributed by atoms with E-state index >= 15 is 0 Å². The highest BCUT2D eigenvalue weighted by molar-refractivity contribution is 5.87. The zero-order chi connectivity index (χ0) is 18.1. The summed E-state index contributed by atoms with van der Waals surface area (Å²) < 4.78 is 13.1. The summed E-state index contributed by atoms with van der Waals surface area (Å²) in [4.78, 5) is 16.7. The van der Waals surface area contributed by atoms with Crippen molar-refractivity contribution in [2.75, 3.05) is 25.0 Å². The van der Waals surface area contributed by atoms with Crippen LogP contribution in [-0.4, -0.2) is 46.0 Å². The highest BCUT2D eigenvalue weighted by Crippen LogP contribution is 2.29. The molecule has 0 saturated carbocycles. The number of H-pyrrole nitrogens is 1. The van der Waals surface area contributed by atoms with Crippen LogP contribution in [0, 0.1) is 11.7 Å². The molecule has 0 aliphatic carbocycles. The Balaban J connectivity index is 1.53. The van der Waals surface area contributed by atoms with Crippen LogP contribution in [0.3, 0.4) is 0 Å². The van der Waals surface area contributed by atoms with E-state index in [9.17, 15) is 4.39 Å². The molecule has 2 atom stereocenters. The van der Waals surface area contributed by atoms with Crippen molar-refractivity contribution in [2.45, 2.75) is 25.9 Å². The summed E-state index contributed by atoms with van der Waals surface area (Å²) in [5, 5.41) is 1.05. The molecule has 1 aliphatic heterocycles. The quantitative estimate of drug-likeness (QED) is 0.780. The lowest BCUT2D eigenvalue weighted by Gasteiger charge is -2.42. The Morgan fingerprint density at radius 2 is 2.04 bits per heavy atom. The Morgan fingerprint density at radius 3 is 2.85 bits per heavy atom. The maximum Gasteiger partial charge on any atom is 0.142 e. The second-order valence-corrected chi connectivity index (χ2v) is 7.24. The summed E-state index contributed by atoms with van der Waals surface area (Å²) in [5.41, 5.74) is 2.02. The van der Waals surface area contributed by atoms with Crippen LogP contribution < -0.4 is 4.90 Å². The molecule has 1 fully saturated rings. The topological polar surface area (TPSA) is 48.1 Å². The normalized spacial score (nSPS) is 21.2. The minimum absolute atomic E-state index is 0.182. The largest absolute Gasteiger partial charge is 0.354 e. The first-order valence-corrected chi connectivity index (χ1v) is 9.09. The summed E-state index contributed by atoms with van der Waals surface area (Å²) in [5.74, 6) is 1.36. The second-order valence-electron chi connectivity index (χ2n) is 7.24. The second kappa shape index (κ2) is 7.03. The van der Waals surface area contributed by atoms with E-state index < -0.39 is 0 Å². The predicted molar refractivity (Wildman–Crippen MR) is 102 cm³/mol. The molecule has 3 aromatic rings. The molecule has 2 aromatic heterocycles. The zero-order valence-corrected chi connectivity index (χ0v) is 15.2. The predicted octanol–water partition coefficient (Wildman–Crippen LogP) is 3.44. The fourth-order valence-corrected chi connectivity index (χ4v) is 3.91. The van der Waals surface area contributed by atoms with Crippen LogP contribution in [0.15, 0.2) is 42.9 Å². The van der Waals surface area contributed by atoms with E-state index in [-0.39, 0.29) is 5.82 Å². The average Bonchev–Trinajstić information content (AvgIpc) is 3.13. The number of hydrogen-bond acceptors (Lipinski definition) is 4. The van der Waals surface area contributed by atoms with Crippen molar-refractivity contribution >= 4 is 16.9 Å². The van der Waals surface area contributed by atoms with Gasteiger partial charge in [0.25, 0.3) is 0 Å². The van der Waals surface area contributed by atoms with E-state index in [4.69, 9.17) is 0 Å². The van der Waals surface area contributed by atoms with Crippen LogP contribution in [0.1, 0.15) is 18.9 Å². The molecule has 6 heteroatoms. The minimum Gasteiger partial charge on any atom is -0.354 e. The van der Waals surface area contributed by atoms with Gasteiger partial charge >= 0.3 is 0 Å². The third-order valence-corrected chi connectivity index (χ3v) is 5.49. The fraction of sp³-hybridized carbons (Fsp3) is 0.400. The van der Waals surface area contributed by atoms with Crippen molar-refractivity contribution < 1.29 is 4.39 Å². The van der Waals surface area contributed by atoms with Gasteiger partial charge in [0.15, 0.2) is 0 Å². The van der Waals surface area contributed by atoms with Gasteiger partial charge in [-0.3, -0.25) is 4.90 Å². The van der Waals surface area contributed by atoms with Gasteiger partial charge in [0.1, 0.15) is 23.6 Å². The van der Waals surface area contributed by atoms with Gasteiger partial charge < -0.3 is 9.88 Å². The summed E-state index contributed by atoms with van der Waals surface area (Å²) in [6.45, 7) is 5.18. The number of fused-ring (bicyclic) bond motifs is 1. The van der Waals surface area contributed by atoms with E-state index in [2.05, 4.69) is 38.7 Å². The third kappa shape index (κ3) is 3.29. The monoisotopic (exact) mass is 353 g/mol. The van der Waals surface area contributed by atoms with Crippen molar-refractivity contribution in [3.63, 3.8) is 0 Å². The first kappa shape index (κ1) is 17.0. The van der Waals surface area contributed by atoms with Crippen LogP contribution in [0.2, 0.25) is 0 Å². The van der Waals surface area contributed by atoms with Gasteiger partial charge in [0, 0.05) is 32.4 Å². The van der Waals surface area contributed by atoms with Crippen LogP contribution >= 0.6 is 0 Å². The van der Waals surface area contributed by atoms with Gasteiger partial charge in [-0.15, -0.1) is 0 Å². The summed E-state index contributed by atoms with van der Waals surface area (Å²) >= 11 is 0. The Labute approximate surface area is 152 Å². The highest BCUT2D eigenvalue weighted by Gasteiger charge is 2.30. The molecule has 4 rings (SSSR count). The number of nitrogens with zero attached hydrogens (tertiary/aromatic N) is 4. The van der Waals surface area contributed by atoms with Crippen LogP contribution in [-0.2, 0) is 6.54 Å². The SMILES string of the molecule is CC1CCN(Cc2ccc(F)cc2)CC1N(C)c1ncnc2[nH]ccc12. The molecule has 0 radical (unpaired) electrons. The highest BCUT2D eigenvalue weighted by atomic mass is 19.1. The van der Waals surface area contributed by atoms with Crippen molar-refractivity contribution in [3.05, 3.63) is 54.2 Å². The van der Waals surface area contributed by atoms with E-state index in [0.29, 0.717) is 12.0 Å². The zero-order valence-electron chi connectivity index (χ0n) is 15.2. The number of rotatable bonds is 4. The van der Waals surface area contributed by atoms with Crippen LogP contribution in [0.5, 0.6) is 0 Å². The van der Waals surface area contributed by atoms with Gasteiger partial charge in [0.05, 0.1) is 5.39 Å². The Morgan fingerprint density at radius 1 is 1.23 bits per heavy atom. The number of benzene rings is 1. The summed E-state index contributed by atoms with van der Waals surface area (Å²) in [7, 11) is 2.12. The lowest BCUT2D eigenvalue weighted by atomic mass is 9.92. The van der Waals surface area contributed by atoms with Gasteiger partial charge in [0.2, 0.25) is 0 Å². The van der Waals surface area contributed by atoms with Gasteiger partial charge in [-0.05, 0) is 42.6 Å². The van der Waals surface area contributed by atoms with E-state index in [1.165, 1.54) is 12.1 Å². The van der Waals surface area contributed by atoms with Crippen molar-refractivity contribution in [1.29, 1.82) is 0 Å². The van der Waals surface area contributed by atoms with Gasteiger partial charge in [-0.25, -0.2) is 14.4 Å². The maximum absolute atomic E-state index is 13.1. The Hall–Kier alpha value is -2.47. The van der Waals surface area contributed by atoms with Gasteiger partial charge in [-0.1, -0.05) is 19.1 Å². The Bertz CT molecular complexity index is 875. The molecule has 3 heterocycles. The molecule has 0 spiro atoms. The molecule has 26 heavy (non-hydrogen) atoms. The standard InChI is InChI=1S/C20H24FN5/c1-14-8-10-26(11-15-3-5-16(21)6-4-15)12-18(14)25(2)20-17-7-9-22-19(17)23-13-24-20/h3-7,9,13-14,18H,8,10-12H2,1-2H3,(H,22,23,24). The minimum atomic E-state index is -0.182.